The Bertz CT molecular complexity index is 1040. The highest BCUT2D eigenvalue weighted by Crippen LogP contribution is 2.30. The topological polar surface area (TPSA) is 136 Å². The Labute approximate surface area is 168 Å². The number of nitrogens with zero attached hydrogens (tertiary/aromatic N) is 3. The van der Waals surface area contributed by atoms with Crippen molar-refractivity contribution in [1.29, 1.82) is 0 Å². The molecule has 0 spiro atoms. The third-order valence-electron chi connectivity index (χ3n) is 3.65. The molecule has 1 N–H and O–H groups in total. The molecule has 0 radical (unpaired) electrons. The summed E-state index contributed by atoms with van der Waals surface area (Å²) in [5.41, 5.74) is 0.0966. The van der Waals surface area contributed by atoms with Gasteiger partial charge in [-0.15, -0.1) is 10.2 Å². The number of amides is 2. The Morgan fingerprint density at radius 3 is 2.75 bits per heavy atom. The Kier molecular flexibility index (Phi) is 5.96. The van der Waals surface area contributed by atoms with E-state index in [0.29, 0.717) is 8.64 Å². The van der Waals surface area contributed by atoms with Crippen LogP contribution in [0.2, 0.25) is 0 Å². The number of fused-ring (bicyclic) bond motifs is 1. The summed E-state index contributed by atoms with van der Waals surface area (Å²) in [5.74, 6) is -1.52. The van der Waals surface area contributed by atoms with Crippen molar-refractivity contribution < 1.29 is 27.5 Å². The number of ether oxygens (including phenoxy) is 1. The van der Waals surface area contributed by atoms with E-state index in [0.717, 1.165) is 23.1 Å². The van der Waals surface area contributed by atoms with Gasteiger partial charge in [0.1, 0.15) is 4.90 Å². The highest BCUT2D eigenvalue weighted by atomic mass is 32.2. The average Bonchev–Trinajstić information content (AvgIpc) is 3.19. The number of methoxy groups -OCH3 is 1. The molecule has 2 aromatic rings. The van der Waals surface area contributed by atoms with Crippen LogP contribution in [-0.2, 0) is 24.3 Å². The molecule has 0 bridgehead atoms. The van der Waals surface area contributed by atoms with Crippen LogP contribution in [0.1, 0.15) is 16.8 Å². The number of rotatable bonds is 7. The van der Waals surface area contributed by atoms with Crippen LogP contribution in [0.4, 0.5) is 5.13 Å². The minimum atomic E-state index is -3.95. The van der Waals surface area contributed by atoms with Gasteiger partial charge in [0.15, 0.2) is 4.34 Å². The molecule has 13 heteroatoms. The number of aromatic nitrogens is 2. The van der Waals surface area contributed by atoms with Crippen LogP contribution in [0.25, 0.3) is 0 Å². The number of anilines is 1. The van der Waals surface area contributed by atoms with Crippen molar-refractivity contribution in [3.05, 3.63) is 29.8 Å². The lowest BCUT2D eigenvalue weighted by Gasteiger charge is -2.14. The number of sulfonamides is 1. The molecule has 0 unspecified atom stereocenters. The highest BCUT2D eigenvalue weighted by molar-refractivity contribution is 8.01. The van der Waals surface area contributed by atoms with Crippen LogP contribution in [0.15, 0.2) is 33.5 Å². The minimum Gasteiger partial charge on any atom is -0.468 e. The fourth-order valence-electron chi connectivity index (χ4n) is 2.34. The third kappa shape index (κ3) is 4.15. The molecule has 28 heavy (non-hydrogen) atoms. The lowest BCUT2D eigenvalue weighted by molar-refractivity contribution is -0.137. The van der Waals surface area contributed by atoms with Crippen molar-refractivity contribution in [2.24, 2.45) is 0 Å². The number of hydrogen-bond acceptors (Lipinski definition) is 10. The predicted octanol–water partition coefficient (Wildman–Crippen LogP) is 0.976. The van der Waals surface area contributed by atoms with E-state index in [1.54, 1.807) is 6.07 Å². The standard InChI is InChI=1S/C15H14N4O6S3/c1-25-12(21)8-26-15-18-17-14(27-15)16-11(20)6-7-19-13(22)9-4-2-3-5-10(9)28(19,23)24/h2-5H,6-8H2,1H3,(H,16,17,20). The minimum absolute atomic E-state index is 0.0585. The van der Waals surface area contributed by atoms with Gasteiger partial charge in [-0.05, 0) is 12.1 Å². The van der Waals surface area contributed by atoms with Gasteiger partial charge in [0.2, 0.25) is 11.0 Å². The van der Waals surface area contributed by atoms with E-state index in [1.165, 1.54) is 25.3 Å². The Balaban J connectivity index is 1.56. The largest absolute Gasteiger partial charge is 0.468 e. The third-order valence-corrected chi connectivity index (χ3v) is 7.43. The number of benzene rings is 1. The first-order valence-electron chi connectivity index (χ1n) is 7.82. The monoisotopic (exact) mass is 442 g/mol. The Morgan fingerprint density at radius 2 is 2.04 bits per heavy atom. The van der Waals surface area contributed by atoms with Crippen LogP contribution in [0.3, 0.4) is 0 Å². The molecule has 10 nitrogen and oxygen atoms in total. The van der Waals surface area contributed by atoms with Gasteiger partial charge < -0.3 is 10.1 Å². The van der Waals surface area contributed by atoms with E-state index < -0.39 is 27.8 Å². The zero-order valence-electron chi connectivity index (χ0n) is 14.4. The van der Waals surface area contributed by atoms with Crippen molar-refractivity contribution in [3.63, 3.8) is 0 Å². The van der Waals surface area contributed by atoms with Crippen LogP contribution in [0.5, 0.6) is 0 Å². The van der Waals surface area contributed by atoms with Crippen LogP contribution in [-0.4, -0.2) is 60.1 Å². The van der Waals surface area contributed by atoms with E-state index >= 15 is 0 Å². The molecule has 0 atom stereocenters. The number of nitrogens with one attached hydrogen (secondary N) is 1. The molecule has 1 aromatic carbocycles. The van der Waals surface area contributed by atoms with Gasteiger partial charge >= 0.3 is 5.97 Å². The van der Waals surface area contributed by atoms with Crippen LogP contribution in [0, 0.1) is 0 Å². The van der Waals surface area contributed by atoms with E-state index in [9.17, 15) is 22.8 Å². The summed E-state index contributed by atoms with van der Waals surface area (Å²) in [6.07, 6.45) is -0.233. The molecule has 2 heterocycles. The molecule has 148 valence electrons. The van der Waals surface area contributed by atoms with Gasteiger partial charge in [0.25, 0.3) is 15.9 Å². The molecule has 1 aliphatic rings. The molecular weight excluding hydrogens is 428 g/mol. The molecule has 2 amide bonds. The fourth-order valence-corrected chi connectivity index (χ4v) is 5.51. The summed E-state index contributed by atoms with van der Waals surface area (Å²) in [7, 11) is -2.67. The summed E-state index contributed by atoms with van der Waals surface area (Å²) < 4.78 is 30.5. The molecule has 1 aliphatic heterocycles. The molecular formula is C15H14N4O6S3. The van der Waals surface area contributed by atoms with Crippen molar-refractivity contribution in [3.8, 4) is 0 Å². The van der Waals surface area contributed by atoms with Crippen molar-refractivity contribution >= 4 is 56.0 Å². The van der Waals surface area contributed by atoms with Gasteiger partial charge in [-0.25, -0.2) is 12.7 Å². The first-order valence-corrected chi connectivity index (χ1v) is 11.1. The van der Waals surface area contributed by atoms with Crippen LogP contribution < -0.4 is 5.32 Å². The van der Waals surface area contributed by atoms with Gasteiger partial charge in [0.05, 0.1) is 18.4 Å². The summed E-state index contributed by atoms with van der Waals surface area (Å²) in [6, 6.07) is 5.90. The van der Waals surface area contributed by atoms with Crippen molar-refractivity contribution in [2.45, 2.75) is 15.7 Å². The number of thioether (sulfide) groups is 1. The second kappa shape index (κ2) is 8.24. The van der Waals surface area contributed by atoms with Crippen LogP contribution >= 0.6 is 23.1 Å². The SMILES string of the molecule is COC(=O)CSc1nnc(NC(=O)CCN2C(=O)c3ccccc3S2(=O)=O)s1. The first kappa shape index (κ1) is 20.2. The Morgan fingerprint density at radius 1 is 1.29 bits per heavy atom. The summed E-state index contributed by atoms with van der Waals surface area (Å²) in [5, 5.41) is 10.3. The quantitative estimate of drug-likeness (QED) is 0.378. The summed E-state index contributed by atoms with van der Waals surface area (Å²) in [6.45, 7) is -0.287. The van der Waals surface area contributed by atoms with Gasteiger partial charge in [0, 0.05) is 13.0 Å². The fraction of sp³-hybridized carbons (Fsp3) is 0.267. The van der Waals surface area contributed by atoms with Gasteiger partial charge in [-0.3, -0.25) is 14.4 Å². The second-order valence-corrected chi connectivity index (χ2v) is 9.45. The molecule has 1 aromatic heterocycles. The zero-order valence-corrected chi connectivity index (χ0v) is 16.9. The van der Waals surface area contributed by atoms with E-state index in [4.69, 9.17) is 0 Å². The summed E-state index contributed by atoms with van der Waals surface area (Å²) >= 11 is 2.18. The maximum absolute atomic E-state index is 12.4. The molecule has 3 rings (SSSR count). The maximum atomic E-state index is 12.4. The number of esters is 1. The van der Waals surface area contributed by atoms with Gasteiger partial charge in [-0.1, -0.05) is 35.2 Å². The molecule has 0 aliphatic carbocycles. The van der Waals surface area contributed by atoms with Crippen molar-refractivity contribution in [2.75, 3.05) is 24.7 Å². The first-order chi connectivity index (χ1) is 13.3. The second-order valence-electron chi connectivity index (χ2n) is 5.41. The van der Waals surface area contributed by atoms with Crippen molar-refractivity contribution in [1.82, 2.24) is 14.5 Å². The molecule has 0 saturated carbocycles. The number of carbonyl (C=O) groups excluding carboxylic acids is 3. The molecule has 0 saturated heterocycles. The van der Waals surface area contributed by atoms with Gasteiger partial charge in [-0.2, -0.15) is 0 Å². The van der Waals surface area contributed by atoms with E-state index in [2.05, 4.69) is 20.3 Å². The Hall–Kier alpha value is -2.51. The van der Waals surface area contributed by atoms with E-state index in [-0.39, 0.29) is 34.3 Å². The lowest BCUT2D eigenvalue weighted by atomic mass is 10.2. The highest BCUT2D eigenvalue weighted by Gasteiger charge is 2.40. The zero-order chi connectivity index (χ0) is 20.3. The smallest absolute Gasteiger partial charge is 0.316 e. The maximum Gasteiger partial charge on any atom is 0.316 e. The predicted molar refractivity (Wildman–Crippen MR) is 101 cm³/mol. The number of hydrogen-bond donors (Lipinski definition) is 1. The average molecular weight is 443 g/mol. The van der Waals surface area contributed by atoms with E-state index in [1.807, 2.05) is 0 Å². The summed E-state index contributed by atoms with van der Waals surface area (Å²) in [4.78, 5) is 35.4. The number of carbonyl (C=O) groups is 3. The molecule has 0 fully saturated rings. The lowest BCUT2D eigenvalue weighted by Crippen LogP contribution is -2.33. The normalized spacial score (nSPS) is 14.6.